The number of nitrogens with one attached hydrogen (secondary N) is 1. The molecule has 7 nitrogen and oxygen atoms in total. The third-order valence-corrected chi connectivity index (χ3v) is 8.40. The van der Waals surface area contributed by atoms with Gasteiger partial charge in [0.1, 0.15) is 11.5 Å². The maximum Gasteiger partial charge on any atom is 0.268 e. The van der Waals surface area contributed by atoms with Gasteiger partial charge >= 0.3 is 0 Å². The molecule has 1 atom stereocenters. The Hall–Kier alpha value is -4.89. The number of hydrogen-bond donors (Lipinski definition) is 1. The van der Waals surface area contributed by atoms with Gasteiger partial charge < -0.3 is 5.32 Å². The van der Waals surface area contributed by atoms with Crippen LogP contribution < -0.4 is 10.9 Å². The highest BCUT2D eigenvalue weighted by Crippen LogP contribution is 2.25. The molecule has 0 aliphatic carbocycles. The van der Waals surface area contributed by atoms with Crippen LogP contribution in [-0.2, 0) is 17.6 Å². The van der Waals surface area contributed by atoms with Crippen molar-refractivity contribution in [2.45, 2.75) is 39.7 Å². The van der Waals surface area contributed by atoms with E-state index in [1.54, 1.807) is 29.1 Å². The maximum absolute atomic E-state index is 14.1. The summed E-state index contributed by atoms with van der Waals surface area (Å²) in [5, 5.41) is 9.68. The fourth-order valence-corrected chi connectivity index (χ4v) is 6.30. The van der Waals surface area contributed by atoms with Crippen molar-refractivity contribution in [3.8, 4) is 16.9 Å². The zero-order valence-corrected chi connectivity index (χ0v) is 24.9. The lowest BCUT2D eigenvalue weighted by Gasteiger charge is -2.19. The Balaban J connectivity index is 1.32. The molecule has 1 amide bonds. The van der Waals surface area contributed by atoms with Gasteiger partial charge in [-0.15, -0.1) is 11.3 Å². The Morgan fingerprint density at radius 2 is 1.70 bits per heavy atom. The second-order valence-corrected chi connectivity index (χ2v) is 11.5. The number of hydrogen-bond acceptors (Lipinski definition) is 5. The molecule has 3 aromatic carbocycles. The summed E-state index contributed by atoms with van der Waals surface area (Å²) >= 11 is 1.32. The highest BCUT2D eigenvalue weighted by atomic mass is 32.1. The number of nitrogens with zero attached hydrogens (tertiary/aromatic N) is 4. The molecule has 3 heterocycles. The minimum atomic E-state index is -0.365. The number of benzene rings is 3. The van der Waals surface area contributed by atoms with Crippen molar-refractivity contribution < 1.29 is 9.18 Å². The number of amides is 1. The van der Waals surface area contributed by atoms with E-state index in [1.165, 1.54) is 27.9 Å². The third-order valence-electron chi connectivity index (χ3n) is 7.53. The number of aromatic nitrogens is 4. The minimum absolute atomic E-state index is 0.0121. The van der Waals surface area contributed by atoms with Crippen LogP contribution in [0.15, 0.2) is 95.1 Å². The number of carbonyl (C=O) groups is 1. The van der Waals surface area contributed by atoms with Crippen molar-refractivity contribution >= 4 is 22.2 Å². The second-order valence-electron chi connectivity index (χ2n) is 10.6. The van der Waals surface area contributed by atoms with Crippen LogP contribution in [0.1, 0.15) is 39.8 Å². The molecule has 1 N–H and O–H groups in total. The standard InChI is InChI=1S/C34H30FN5O2S/c1-21-14-15-26(35)18-30(21)40-22(2)16-29(38-40)32-23(3)36-34-39(33(32)42)27(20-43-34)19-31(41)37-28(25-12-8-5-9-13-25)17-24-10-6-4-7-11-24/h4-16,18,20,28H,17,19H2,1-3H3,(H,37,41)/t28-/m0/s1. The van der Waals surface area contributed by atoms with Gasteiger partial charge in [-0.2, -0.15) is 5.10 Å². The van der Waals surface area contributed by atoms with Crippen molar-refractivity contribution in [2.75, 3.05) is 0 Å². The van der Waals surface area contributed by atoms with Crippen LogP contribution in [0.3, 0.4) is 0 Å². The molecular weight excluding hydrogens is 561 g/mol. The molecule has 0 unspecified atom stereocenters. The summed E-state index contributed by atoms with van der Waals surface area (Å²) in [4.78, 5) is 32.6. The Labute approximate surface area is 252 Å². The summed E-state index contributed by atoms with van der Waals surface area (Å²) in [6, 6.07) is 26.0. The second kappa shape index (κ2) is 11.8. The molecular formula is C34H30FN5O2S. The fraction of sp³-hybridized carbons (Fsp3) is 0.176. The molecule has 3 aromatic heterocycles. The number of rotatable bonds is 8. The quantitative estimate of drug-likeness (QED) is 0.225. The van der Waals surface area contributed by atoms with Gasteiger partial charge in [0.05, 0.1) is 29.4 Å². The van der Waals surface area contributed by atoms with Crippen LogP contribution in [0.25, 0.3) is 21.9 Å². The number of thiazole rings is 1. The van der Waals surface area contributed by atoms with Crippen molar-refractivity contribution in [1.82, 2.24) is 24.5 Å². The predicted octanol–water partition coefficient (Wildman–Crippen LogP) is 6.32. The summed E-state index contributed by atoms with van der Waals surface area (Å²) in [6.45, 7) is 5.52. The van der Waals surface area contributed by atoms with Crippen LogP contribution in [0.4, 0.5) is 4.39 Å². The maximum atomic E-state index is 14.1. The van der Waals surface area contributed by atoms with Gasteiger partial charge in [-0.25, -0.2) is 14.1 Å². The van der Waals surface area contributed by atoms with Crippen molar-refractivity contribution in [2.24, 2.45) is 0 Å². The molecule has 0 aliphatic rings. The van der Waals surface area contributed by atoms with Crippen LogP contribution in [0, 0.1) is 26.6 Å². The van der Waals surface area contributed by atoms with E-state index in [0.29, 0.717) is 39.7 Å². The van der Waals surface area contributed by atoms with Gasteiger partial charge in [0, 0.05) is 16.8 Å². The molecule has 43 heavy (non-hydrogen) atoms. The van der Waals surface area contributed by atoms with E-state index in [1.807, 2.05) is 74.5 Å². The Morgan fingerprint density at radius 1 is 0.977 bits per heavy atom. The zero-order chi connectivity index (χ0) is 30.1. The third kappa shape index (κ3) is 5.76. The van der Waals surface area contributed by atoms with Crippen molar-refractivity contribution in [3.63, 3.8) is 0 Å². The van der Waals surface area contributed by atoms with Gasteiger partial charge in [0.2, 0.25) is 5.91 Å². The van der Waals surface area contributed by atoms with Gasteiger partial charge in [0.15, 0.2) is 4.96 Å². The molecule has 216 valence electrons. The molecule has 0 bridgehead atoms. The van der Waals surface area contributed by atoms with E-state index in [9.17, 15) is 14.0 Å². The van der Waals surface area contributed by atoms with E-state index in [-0.39, 0.29) is 29.7 Å². The summed E-state index contributed by atoms with van der Waals surface area (Å²) in [5.41, 5.74) is 5.92. The van der Waals surface area contributed by atoms with E-state index < -0.39 is 0 Å². The minimum Gasteiger partial charge on any atom is -0.349 e. The summed E-state index contributed by atoms with van der Waals surface area (Å²) in [5.74, 6) is -0.559. The largest absolute Gasteiger partial charge is 0.349 e. The lowest BCUT2D eigenvalue weighted by molar-refractivity contribution is -0.121. The Kier molecular flexibility index (Phi) is 7.73. The van der Waals surface area contributed by atoms with Crippen LogP contribution >= 0.6 is 11.3 Å². The van der Waals surface area contributed by atoms with E-state index in [4.69, 9.17) is 0 Å². The van der Waals surface area contributed by atoms with E-state index in [2.05, 4.69) is 15.4 Å². The summed E-state index contributed by atoms with van der Waals surface area (Å²) in [7, 11) is 0. The first-order valence-corrected chi connectivity index (χ1v) is 14.9. The Bertz CT molecular complexity index is 2000. The smallest absolute Gasteiger partial charge is 0.268 e. The molecule has 0 saturated carbocycles. The van der Waals surface area contributed by atoms with Crippen LogP contribution in [0.2, 0.25) is 0 Å². The normalized spacial score (nSPS) is 12.0. The van der Waals surface area contributed by atoms with E-state index in [0.717, 1.165) is 22.4 Å². The molecule has 0 aliphatic heterocycles. The molecule has 0 spiro atoms. The highest BCUT2D eigenvalue weighted by molar-refractivity contribution is 7.15. The summed E-state index contributed by atoms with van der Waals surface area (Å²) < 4.78 is 17.2. The van der Waals surface area contributed by atoms with Crippen LogP contribution in [-0.4, -0.2) is 25.1 Å². The number of aryl methyl sites for hydroxylation is 3. The Morgan fingerprint density at radius 3 is 2.44 bits per heavy atom. The monoisotopic (exact) mass is 591 g/mol. The molecule has 6 aromatic rings. The highest BCUT2D eigenvalue weighted by Gasteiger charge is 2.22. The SMILES string of the molecule is Cc1ccc(F)cc1-n1nc(-c2c(C)nc3scc(CC(=O)N[C@@H](Cc4ccccc4)c4ccccc4)n3c2=O)cc1C. The lowest BCUT2D eigenvalue weighted by Crippen LogP contribution is -2.32. The molecule has 0 saturated heterocycles. The first kappa shape index (κ1) is 28.2. The number of fused-ring (bicyclic) bond motifs is 1. The first-order valence-electron chi connectivity index (χ1n) is 14.0. The number of halogens is 1. The van der Waals surface area contributed by atoms with Gasteiger partial charge in [-0.3, -0.25) is 14.0 Å². The van der Waals surface area contributed by atoms with Gasteiger partial charge in [-0.1, -0.05) is 66.7 Å². The number of carbonyl (C=O) groups excluding carboxylic acids is 1. The molecule has 6 rings (SSSR count). The molecule has 9 heteroatoms. The first-order chi connectivity index (χ1) is 20.8. The van der Waals surface area contributed by atoms with E-state index >= 15 is 0 Å². The topological polar surface area (TPSA) is 81.3 Å². The average molecular weight is 592 g/mol. The molecule has 0 radical (unpaired) electrons. The predicted molar refractivity (Wildman–Crippen MR) is 167 cm³/mol. The van der Waals surface area contributed by atoms with Gasteiger partial charge in [-0.05, 0) is 62.1 Å². The van der Waals surface area contributed by atoms with Crippen molar-refractivity contribution in [3.05, 3.63) is 140 Å². The van der Waals surface area contributed by atoms with Crippen LogP contribution in [0.5, 0.6) is 0 Å². The lowest BCUT2D eigenvalue weighted by atomic mass is 9.98. The zero-order valence-electron chi connectivity index (χ0n) is 24.0. The average Bonchev–Trinajstić information content (AvgIpc) is 3.57. The summed E-state index contributed by atoms with van der Waals surface area (Å²) in [6.07, 6.45) is 0.650. The van der Waals surface area contributed by atoms with Gasteiger partial charge in [0.25, 0.3) is 5.56 Å². The van der Waals surface area contributed by atoms with Crippen molar-refractivity contribution in [1.29, 1.82) is 0 Å². The fourth-order valence-electron chi connectivity index (χ4n) is 5.37. The molecule has 0 fully saturated rings.